The number of hydrogen-bond acceptors (Lipinski definition) is 4. The molecule has 4 nitrogen and oxygen atoms in total. The highest BCUT2D eigenvalue weighted by Crippen LogP contribution is 2.21. The van der Waals surface area contributed by atoms with Crippen LogP contribution in [0.4, 0.5) is 0 Å². The van der Waals surface area contributed by atoms with Crippen molar-refractivity contribution >= 4 is 28.1 Å². The van der Waals surface area contributed by atoms with Gasteiger partial charge in [0.2, 0.25) is 0 Å². The molecule has 0 bridgehead atoms. The van der Waals surface area contributed by atoms with Crippen molar-refractivity contribution in [1.29, 1.82) is 0 Å². The third-order valence-electron chi connectivity index (χ3n) is 2.75. The van der Waals surface area contributed by atoms with Gasteiger partial charge in [-0.3, -0.25) is 0 Å². The molecule has 0 spiro atoms. The molecule has 1 aromatic heterocycles. The molecule has 21 heavy (non-hydrogen) atoms. The number of benzene rings is 1. The molecule has 1 aromatic carbocycles. The lowest BCUT2D eigenvalue weighted by molar-refractivity contribution is 0.177. The van der Waals surface area contributed by atoms with Crippen LogP contribution in [0.25, 0.3) is 12.2 Å². The number of nitrogens with zero attached hydrogens (tertiary/aromatic N) is 1. The van der Waals surface area contributed by atoms with E-state index in [9.17, 15) is 0 Å². The summed E-state index contributed by atoms with van der Waals surface area (Å²) in [5, 5.41) is 4.85. The van der Waals surface area contributed by atoms with Gasteiger partial charge in [0.1, 0.15) is 11.4 Å². The van der Waals surface area contributed by atoms with Crippen LogP contribution in [0.15, 0.2) is 34.9 Å². The van der Waals surface area contributed by atoms with E-state index < -0.39 is 0 Å². The van der Waals surface area contributed by atoms with Crippen molar-refractivity contribution < 1.29 is 14.0 Å². The average Bonchev–Trinajstić information content (AvgIpc) is 2.95. The molecule has 5 heteroatoms. The Bertz CT molecular complexity index is 580. The Kier molecular flexibility index (Phi) is 6.50. The fourth-order valence-electron chi connectivity index (χ4n) is 1.78. The summed E-state index contributed by atoms with van der Waals surface area (Å²) in [4.78, 5) is 0. The van der Waals surface area contributed by atoms with Crippen molar-refractivity contribution in [2.45, 2.75) is 13.0 Å². The van der Waals surface area contributed by atoms with E-state index in [-0.39, 0.29) is 0 Å². The molecule has 112 valence electrons. The van der Waals surface area contributed by atoms with Crippen LogP contribution >= 0.6 is 15.9 Å². The summed E-state index contributed by atoms with van der Waals surface area (Å²) in [5.41, 5.74) is 1.79. The number of hydrogen-bond donors (Lipinski definition) is 0. The average molecular weight is 352 g/mol. The first kappa shape index (κ1) is 15.8. The van der Waals surface area contributed by atoms with Crippen molar-refractivity contribution in [3.8, 4) is 5.75 Å². The quantitative estimate of drug-likeness (QED) is 0.529. The summed E-state index contributed by atoms with van der Waals surface area (Å²) in [5.74, 6) is 1.56. The molecular weight excluding hydrogens is 334 g/mol. The van der Waals surface area contributed by atoms with E-state index in [2.05, 4.69) is 21.1 Å². The van der Waals surface area contributed by atoms with Crippen LogP contribution in [0.3, 0.4) is 0 Å². The fourth-order valence-corrected chi connectivity index (χ4v) is 2.01. The summed E-state index contributed by atoms with van der Waals surface area (Å²) in [6.07, 6.45) is 4.81. The first-order valence-corrected chi connectivity index (χ1v) is 7.86. The molecule has 0 unspecified atom stereocenters. The summed E-state index contributed by atoms with van der Waals surface area (Å²) in [7, 11) is 1.63. The van der Waals surface area contributed by atoms with Crippen LogP contribution < -0.4 is 4.74 Å². The van der Waals surface area contributed by atoms with Crippen molar-refractivity contribution in [3.05, 3.63) is 47.3 Å². The topological polar surface area (TPSA) is 44.5 Å². The van der Waals surface area contributed by atoms with Crippen molar-refractivity contribution in [2.24, 2.45) is 0 Å². The van der Waals surface area contributed by atoms with Crippen LogP contribution in [0, 0.1) is 0 Å². The third-order valence-corrected chi connectivity index (χ3v) is 3.31. The molecule has 2 rings (SSSR count). The Morgan fingerprint density at radius 1 is 1.29 bits per heavy atom. The van der Waals surface area contributed by atoms with Gasteiger partial charge in [0.25, 0.3) is 0 Å². The first-order chi connectivity index (χ1) is 10.3. The van der Waals surface area contributed by atoms with Gasteiger partial charge >= 0.3 is 0 Å². The zero-order valence-electron chi connectivity index (χ0n) is 11.9. The lowest BCUT2D eigenvalue weighted by Gasteiger charge is -2.07. The highest BCUT2D eigenvalue weighted by Gasteiger charge is 2.02. The molecular formula is C16H18BrNO3. The highest BCUT2D eigenvalue weighted by atomic mass is 79.9. The molecule has 0 fully saturated rings. The van der Waals surface area contributed by atoms with E-state index in [1.54, 1.807) is 7.11 Å². The normalized spacial score (nSPS) is 11.1. The van der Waals surface area contributed by atoms with E-state index in [4.69, 9.17) is 14.0 Å². The molecule has 0 N–H and O–H groups in total. The molecule has 1 heterocycles. The van der Waals surface area contributed by atoms with Crippen molar-refractivity contribution in [1.82, 2.24) is 5.16 Å². The number of para-hydroxylation sites is 1. The Labute approximate surface area is 132 Å². The van der Waals surface area contributed by atoms with Crippen LogP contribution in [-0.4, -0.2) is 24.2 Å². The second-order valence-corrected chi connectivity index (χ2v) is 5.21. The van der Waals surface area contributed by atoms with Crippen LogP contribution in [0.5, 0.6) is 5.75 Å². The molecule has 0 radical (unpaired) electrons. The van der Waals surface area contributed by atoms with E-state index in [0.717, 1.165) is 28.8 Å². The number of rotatable bonds is 8. The zero-order chi connectivity index (χ0) is 14.9. The van der Waals surface area contributed by atoms with Crippen LogP contribution in [-0.2, 0) is 11.3 Å². The Balaban J connectivity index is 2.05. The van der Waals surface area contributed by atoms with Crippen molar-refractivity contribution in [3.63, 3.8) is 0 Å². The minimum atomic E-state index is 0.448. The molecule has 0 amide bonds. The van der Waals surface area contributed by atoms with E-state index >= 15 is 0 Å². The maximum atomic E-state index is 5.76. The first-order valence-electron chi connectivity index (χ1n) is 6.74. The molecule has 2 aromatic rings. The van der Waals surface area contributed by atoms with Gasteiger partial charge in [-0.1, -0.05) is 39.3 Å². The monoisotopic (exact) mass is 351 g/mol. The van der Waals surface area contributed by atoms with Gasteiger partial charge in [0.15, 0.2) is 5.76 Å². The van der Waals surface area contributed by atoms with Gasteiger partial charge < -0.3 is 14.0 Å². The van der Waals surface area contributed by atoms with Gasteiger partial charge in [-0.05, 0) is 24.6 Å². The Morgan fingerprint density at radius 2 is 2.14 bits per heavy atom. The van der Waals surface area contributed by atoms with E-state index in [1.165, 1.54) is 0 Å². The number of methoxy groups -OCH3 is 1. The molecule has 0 atom stereocenters. The Hall–Kier alpha value is -1.59. The predicted molar refractivity (Wildman–Crippen MR) is 86.5 cm³/mol. The smallest absolute Gasteiger partial charge is 0.160 e. The second kappa shape index (κ2) is 8.64. The van der Waals surface area contributed by atoms with Gasteiger partial charge in [0, 0.05) is 24.1 Å². The van der Waals surface area contributed by atoms with Gasteiger partial charge in [-0.2, -0.15) is 0 Å². The largest absolute Gasteiger partial charge is 0.493 e. The number of aromatic nitrogens is 1. The Morgan fingerprint density at radius 3 is 2.95 bits per heavy atom. The molecule has 0 saturated carbocycles. The maximum absolute atomic E-state index is 5.76. The molecule has 0 saturated heterocycles. The second-order valence-electron chi connectivity index (χ2n) is 4.42. The minimum absolute atomic E-state index is 0.448. The SMILES string of the molecule is COCc1cc(C=Cc2ccccc2OCCCBr)on1. The molecule has 0 aliphatic heterocycles. The number of alkyl halides is 1. The lowest BCUT2D eigenvalue weighted by Crippen LogP contribution is -1.98. The summed E-state index contributed by atoms with van der Waals surface area (Å²) < 4.78 is 16.0. The summed E-state index contributed by atoms with van der Waals surface area (Å²) in [6.45, 7) is 1.14. The number of halogens is 1. The van der Waals surface area contributed by atoms with Gasteiger partial charge in [-0.25, -0.2) is 0 Å². The van der Waals surface area contributed by atoms with E-state index in [0.29, 0.717) is 19.0 Å². The fraction of sp³-hybridized carbons (Fsp3) is 0.312. The predicted octanol–water partition coefficient (Wildman–Crippen LogP) is 4.16. The maximum Gasteiger partial charge on any atom is 0.160 e. The van der Waals surface area contributed by atoms with Crippen molar-refractivity contribution in [2.75, 3.05) is 19.0 Å². The van der Waals surface area contributed by atoms with E-state index in [1.807, 2.05) is 42.5 Å². The van der Waals surface area contributed by atoms with Crippen LogP contribution in [0.2, 0.25) is 0 Å². The zero-order valence-corrected chi connectivity index (χ0v) is 13.5. The minimum Gasteiger partial charge on any atom is -0.493 e. The standard InChI is InChI=1S/C16H18BrNO3/c1-19-12-14-11-15(21-18-14)8-7-13-5-2-3-6-16(13)20-10-4-9-17/h2-3,5-8,11H,4,9-10,12H2,1H3. The molecule has 0 aliphatic rings. The summed E-state index contributed by atoms with van der Waals surface area (Å²) in [6, 6.07) is 9.77. The highest BCUT2D eigenvalue weighted by molar-refractivity contribution is 9.09. The lowest BCUT2D eigenvalue weighted by atomic mass is 10.2. The number of ether oxygens (including phenoxy) is 2. The van der Waals surface area contributed by atoms with Gasteiger partial charge in [0.05, 0.1) is 13.2 Å². The van der Waals surface area contributed by atoms with Gasteiger partial charge in [-0.15, -0.1) is 0 Å². The van der Waals surface area contributed by atoms with Crippen LogP contribution in [0.1, 0.15) is 23.4 Å². The summed E-state index contributed by atoms with van der Waals surface area (Å²) >= 11 is 3.39. The molecule has 0 aliphatic carbocycles. The third kappa shape index (κ3) is 5.02.